The van der Waals surface area contributed by atoms with E-state index in [1.807, 2.05) is 30.3 Å². The van der Waals surface area contributed by atoms with Gasteiger partial charge in [0.15, 0.2) is 0 Å². The predicted molar refractivity (Wildman–Crippen MR) is 263 cm³/mol. The normalized spacial score (nSPS) is 15.3. The van der Waals surface area contributed by atoms with Gasteiger partial charge < -0.3 is 5.11 Å². The van der Waals surface area contributed by atoms with E-state index in [-0.39, 0.29) is 27.6 Å². The van der Waals surface area contributed by atoms with Crippen LogP contribution >= 0.6 is 0 Å². The zero-order valence-electron chi connectivity index (χ0n) is 46.1. The molecule has 4 heteroatoms. The Hall–Kier alpha value is -6.26. The molecule has 0 aliphatic rings. The van der Waals surface area contributed by atoms with Crippen molar-refractivity contribution in [1.82, 2.24) is 14.5 Å². The maximum Gasteiger partial charge on any atom is 0.149 e. The zero-order valence-corrected chi connectivity index (χ0v) is 37.1. The molecular formula is C58H61N3O. The second kappa shape index (κ2) is 15.6. The Labute approximate surface area is 382 Å². The number of hydrogen-bond donors (Lipinski definition) is 1. The fourth-order valence-electron chi connectivity index (χ4n) is 8.04. The van der Waals surface area contributed by atoms with E-state index in [1.54, 1.807) is 30.5 Å². The van der Waals surface area contributed by atoms with E-state index in [9.17, 15) is 5.11 Å². The van der Waals surface area contributed by atoms with Crippen LogP contribution in [-0.2, 0) is 21.7 Å². The van der Waals surface area contributed by atoms with Gasteiger partial charge >= 0.3 is 0 Å². The summed E-state index contributed by atoms with van der Waals surface area (Å²) in [5, 5.41) is 11.5. The lowest BCUT2D eigenvalue weighted by Gasteiger charge is -2.24. The quantitative estimate of drug-likeness (QED) is 0.182. The lowest BCUT2D eigenvalue weighted by molar-refractivity contribution is 0.477. The summed E-state index contributed by atoms with van der Waals surface area (Å²) in [4.78, 5) is 10.3. The second-order valence-electron chi connectivity index (χ2n) is 19.6. The van der Waals surface area contributed by atoms with E-state index in [0.717, 1.165) is 55.7 Å². The molecule has 0 aliphatic heterocycles. The van der Waals surface area contributed by atoms with Crippen LogP contribution in [-0.4, -0.2) is 19.6 Å². The molecule has 0 aliphatic carbocycles. The lowest BCUT2D eigenvalue weighted by atomic mass is 9.83. The van der Waals surface area contributed by atoms with Crippen molar-refractivity contribution in [3.8, 4) is 67.5 Å². The van der Waals surface area contributed by atoms with E-state index in [0.29, 0.717) is 28.2 Å². The van der Waals surface area contributed by atoms with E-state index in [2.05, 4.69) is 140 Å². The SMILES string of the molecule is [2H]C([2H])([2H])C(c1ccc(-c2ccnc(-c3cc(-c4cccc5c4nc(-c4ccccc4O)n5-c4cc(C(C)(C)C)ccc4-c4ccc(C(C)(C)C)cc4)cc(C(C)(C)C)c3)c2)cc1)(C([2H])([2H])[2H])C([2H])([2H])[2H]. The van der Waals surface area contributed by atoms with E-state index in [1.165, 1.54) is 17.7 Å². The molecule has 0 saturated heterocycles. The number of imidazole rings is 1. The molecule has 2 heterocycles. The topological polar surface area (TPSA) is 50.9 Å². The molecule has 4 nitrogen and oxygen atoms in total. The van der Waals surface area contributed by atoms with Crippen molar-refractivity contribution in [3.63, 3.8) is 0 Å². The van der Waals surface area contributed by atoms with Crippen LogP contribution in [0.3, 0.4) is 0 Å². The molecule has 0 fully saturated rings. The molecule has 314 valence electrons. The predicted octanol–water partition coefficient (Wildman–Crippen LogP) is 15.7. The molecule has 8 rings (SSSR count). The highest BCUT2D eigenvalue weighted by Crippen LogP contribution is 2.43. The van der Waals surface area contributed by atoms with Crippen LogP contribution in [0.25, 0.3) is 72.7 Å². The van der Waals surface area contributed by atoms with Gasteiger partial charge in [0.05, 0.1) is 28.0 Å². The second-order valence-corrected chi connectivity index (χ2v) is 19.6. The molecule has 62 heavy (non-hydrogen) atoms. The van der Waals surface area contributed by atoms with Gasteiger partial charge in [0.25, 0.3) is 0 Å². The van der Waals surface area contributed by atoms with Gasteiger partial charge in [0, 0.05) is 35.2 Å². The molecule has 0 bridgehead atoms. The summed E-state index contributed by atoms with van der Waals surface area (Å²) < 4.78 is 75.9. The summed E-state index contributed by atoms with van der Waals surface area (Å²) in [6.45, 7) is 9.62. The van der Waals surface area contributed by atoms with Crippen molar-refractivity contribution in [2.75, 3.05) is 0 Å². The Morgan fingerprint density at radius 1 is 0.468 bits per heavy atom. The summed E-state index contributed by atoms with van der Waals surface area (Å²) >= 11 is 0. The Bertz CT molecular complexity index is 3230. The highest BCUT2D eigenvalue weighted by Gasteiger charge is 2.26. The number of para-hydroxylation sites is 2. The Morgan fingerprint density at radius 2 is 1.06 bits per heavy atom. The van der Waals surface area contributed by atoms with Gasteiger partial charge in [-0.3, -0.25) is 9.55 Å². The standard InChI is InChI=1S/C58H61N3O/c1-55(2,3)42-24-20-37(21-25-42)39-30-31-59-49(35-39)41-32-40(33-45(34-41)58(10,11)12)47-17-15-18-50-53(47)60-54(48-16-13-14-19-52(48)62)61(50)51-36-44(57(7,8)9)28-29-46(51)38-22-26-43(27-23-38)56(4,5)6/h13-36,62H,1-12H3/i1D3,2D3,3D3. The van der Waals surface area contributed by atoms with Crippen molar-refractivity contribution in [2.24, 2.45) is 0 Å². The molecule has 6 aromatic carbocycles. The first-order valence-corrected chi connectivity index (χ1v) is 21.2. The van der Waals surface area contributed by atoms with Gasteiger partial charge in [-0.15, -0.1) is 0 Å². The number of aromatic nitrogens is 3. The third-order valence-electron chi connectivity index (χ3n) is 11.8. The van der Waals surface area contributed by atoms with Crippen LogP contribution in [0.4, 0.5) is 0 Å². The van der Waals surface area contributed by atoms with E-state index < -0.39 is 26.0 Å². The van der Waals surface area contributed by atoms with Gasteiger partial charge in [0.2, 0.25) is 0 Å². The molecule has 1 N–H and O–H groups in total. The molecule has 0 amide bonds. The Morgan fingerprint density at radius 3 is 1.71 bits per heavy atom. The number of phenols is 1. The molecule has 0 radical (unpaired) electrons. The lowest BCUT2D eigenvalue weighted by Crippen LogP contribution is -2.13. The minimum atomic E-state index is -3.36. The van der Waals surface area contributed by atoms with Crippen LogP contribution in [0.15, 0.2) is 146 Å². The van der Waals surface area contributed by atoms with Crippen LogP contribution in [0.1, 0.15) is 117 Å². The summed E-state index contributed by atoms with van der Waals surface area (Å²) in [7, 11) is 0. The van der Waals surface area contributed by atoms with Crippen molar-refractivity contribution in [1.29, 1.82) is 0 Å². The van der Waals surface area contributed by atoms with Gasteiger partial charge in [-0.05, 0) is 115 Å². The summed E-state index contributed by atoms with van der Waals surface area (Å²) in [5.41, 5.74) is 9.28. The van der Waals surface area contributed by atoms with E-state index >= 15 is 0 Å². The largest absolute Gasteiger partial charge is 0.507 e. The summed E-state index contributed by atoms with van der Waals surface area (Å²) in [6, 6.07) is 44.7. The average Bonchev–Trinajstić information content (AvgIpc) is 3.66. The molecule has 0 spiro atoms. The van der Waals surface area contributed by atoms with Crippen LogP contribution in [0, 0.1) is 0 Å². The summed E-state index contributed by atoms with van der Waals surface area (Å²) in [6.07, 6.45) is 1.68. The number of hydrogen-bond acceptors (Lipinski definition) is 3. The number of nitrogens with zero attached hydrogens (tertiary/aromatic N) is 3. The zero-order chi connectivity index (χ0) is 51.9. The fourth-order valence-corrected chi connectivity index (χ4v) is 8.04. The number of aromatic hydroxyl groups is 1. The molecule has 0 saturated carbocycles. The fraction of sp³-hybridized carbons (Fsp3) is 0.276. The van der Waals surface area contributed by atoms with Gasteiger partial charge in [-0.1, -0.05) is 174 Å². The molecule has 8 aromatic rings. The van der Waals surface area contributed by atoms with Crippen molar-refractivity contribution in [3.05, 3.63) is 168 Å². The van der Waals surface area contributed by atoms with Crippen molar-refractivity contribution < 1.29 is 17.4 Å². The molecule has 0 atom stereocenters. The molecule has 0 unspecified atom stereocenters. The third kappa shape index (κ3) is 8.36. The highest BCUT2D eigenvalue weighted by molar-refractivity contribution is 5.97. The number of fused-ring (bicyclic) bond motifs is 1. The smallest absolute Gasteiger partial charge is 0.149 e. The van der Waals surface area contributed by atoms with Crippen LogP contribution < -0.4 is 0 Å². The minimum absolute atomic E-state index is 0.0188. The Balaban J connectivity index is 1.32. The first kappa shape index (κ1) is 32.5. The van der Waals surface area contributed by atoms with Crippen LogP contribution in [0.5, 0.6) is 5.75 Å². The molecular weight excluding hydrogens is 755 g/mol. The number of rotatable bonds is 6. The average molecular weight is 825 g/mol. The van der Waals surface area contributed by atoms with Crippen LogP contribution in [0.2, 0.25) is 0 Å². The maximum atomic E-state index is 11.5. The maximum absolute atomic E-state index is 11.5. The first-order valence-electron chi connectivity index (χ1n) is 25.7. The monoisotopic (exact) mass is 825 g/mol. The van der Waals surface area contributed by atoms with Crippen molar-refractivity contribution in [2.45, 2.75) is 105 Å². The number of pyridine rings is 1. The first-order chi connectivity index (χ1) is 32.9. The third-order valence-corrected chi connectivity index (χ3v) is 11.8. The molecule has 2 aromatic heterocycles. The van der Waals surface area contributed by atoms with Gasteiger partial charge in [-0.2, -0.15) is 0 Å². The van der Waals surface area contributed by atoms with Crippen molar-refractivity contribution >= 4 is 11.0 Å². The summed E-state index contributed by atoms with van der Waals surface area (Å²) in [5.74, 6) is 0.697. The minimum Gasteiger partial charge on any atom is -0.507 e. The van der Waals surface area contributed by atoms with E-state index in [4.69, 9.17) is 22.3 Å². The van der Waals surface area contributed by atoms with Gasteiger partial charge in [-0.25, -0.2) is 4.98 Å². The van der Waals surface area contributed by atoms with Gasteiger partial charge in [0.1, 0.15) is 11.6 Å². The highest BCUT2D eigenvalue weighted by atomic mass is 16.3. The number of phenolic OH excluding ortho intramolecular Hbond substituents is 1. The Kier molecular flexibility index (Phi) is 8.15. The number of benzene rings is 6.